The minimum Gasteiger partial charge on any atom is -0.497 e. The molecule has 0 aliphatic rings. The van der Waals surface area contributed by atoms with Gasteiger partial charge in [-0.1, -0.05) is 17.7 Å². The van der Waals surface area contributed by atoms with Gasteiger partial charge in [-0.15, -0.1) is 6.58 Å². The molecule has 0 saturated carbocycles. The van der Waals surface area contributed by atoms with Crippen LogP contribution in [0.2, 0.25) is 0 Å². The predicted molar refractivity (Wildman–Crippen MR) is 66.8 cm³/mol. The smallest absolute Gasteiger partial charge is 0.118 e. The molecule has 16 heavy (non-hydrogen) atoms. The largest absolute Gasteiger partial charge is 0.497 e. The molecule has 0 aromatic heterocycles. The van der Waals surface area contributed by atoms with Crippen molar-refractivity contribution in [2.45, 2.75) is 32.3 Å². The Morgan fingerprint density at radius 3 is 2.50 bits per heavy atom. The molecular formula is C14H20O2. The van der Waals surface area contributed by atoms with Gasteiger partial charge >= 0.3 is 0 Å². The molecule has 0 aliphatic carbocycles. The molecule has 0 fully saturated rings. The van der Waals surface area contributed by atoms with Crippen molar-refractivity contribution in [2.24, 2.45) is 0 Å². The van der Waals surface area contributed by atoms with E-state index in [1.165, 1.54) is 0 Å². The maximum Gasteiger partial charge on any atom is 0.118 e. The van der Waals surface area contributed by atoms with Crippen LogP contribution in [0.25, 0.3) is 0 Å². The molecule has 2 heteroatoms. The van der Waals surface area contributed by atoms with Crippen molar-refractivity contribution >= 4 is 0 Å². The third-order valence-electron chi connectivity index (χ3n) is 2.53. The van der Waals surface area contributed by atoms with Gasteiger partial charge in [0.15, 0.2) is 0 Å². The van der Waals surface area contributed by atoms with Gasteiger partial charge < -0.3 is 9.84 Å². The standard InChI is InChI=1S/C14H20O2/c1-11(2)4-7-13(15)10-12-5-8-14(16-3)9-6-12/h5-6,8-9,13,15H,1,4,7,10H2,2-3H3. The maximum absolute atomic E-state index is 9.81. The van der Waals surface area contributed by atoms with E-state index < -0.39 is 0 Å². The lowest BCUT2D eigenvalue weighted by Crippen LogP contribution is -2.10. The summed E-state index contributed by atoms with van der Waals surface area (Å²) >= 11 is 0. The molecule has 0 aliphatic heterocycles. The molecule has 1 rings (SSSR count). The molecule has 0 amide bonds. The summed E-state index contributed by atoms with van der Waals surface area (Å²) in [5, 5.41) is 9.81. The van der Waals surface area contributed by atoms with Gasteiger partial charge in [0.2, 0.25) is 0 Å². The highest BCUT2D eigenvalue weighted by Gasteiger charge is 2.05. The van der Waals surface area contributed by atoms with Crippen LogP contribution < -0.4 is 4.74 Å². The van der Waals surface area contributed by atoms with Crippen molar-refractivity contribution in [1.29, 1.82) is 0 Å². The highest BCUT2D eigenvalue weighted by molar-refractivity contribution is 5.27. The summed E-state index contributed by atoms with van der Waals surface area (Å²) in [6, 6.07) is 7.81. The minimum absolute atomic E-state index is 0.287. The lowest BCUT2D eigenvalue weighted by molar-refractivity contribution is 0.165. The van der Waals surface area contributed by atoms with Crippen molar-refractivity contribution in [3.63, 3.8) is 0 Å². The van der Waals surface area contributed by atoms with Crippen molar-refractivity contribution < 1.29 is 9.84 Å². The minimum atomic E-state index is -0.287. The Morgan fingerprint density at radius 2 is 2.00 bits per heavy atom. The van der Waals surface area contributed by atoms with E-state index in [1.807, 2.05) is 31.2 Å². The second-order valence-electron chi connectivity index (χ2n) is 4.20. The molecule has 2 nitrogen and oxygen atoms in total. The fourth-order valence-corrected chi connectivity index (χ4v) is 1.55. The zero-order valence-electron chi connectivity index (χ0n) is 10.1. The lowest BCUT2D eigenvalue weighted by atomic mass is 10.0. The molecule has 1 aromatic carbocycles. The quantitative estimate of drug-likeness (QED) is 0.747. The number of hydrogen-bond acceptors (Lipinski definition) is 2. The van der Waals surface area contributed by atoms with Gasteiger partial charge in [0.25, 0.3) is 0 Å². The van der Waals surface area contributed by atoms with E-state index in [-0.39, 0.29) is 6.10 Å². The highest BCUT2D eigenvalue weighted by atomic mass is 16.5. The molecule has 0 spiro atoms. The molecule has 1 atom stereocenters. The SMILES string of the molecule is C=C(C)CCC(O)Cc1ccc(OC)cc1. The monoisotopic (exact) mass is 220 g/mol. The van der Waals surface area contributed by atoms with Crippen LogP contribution in [0.1, 0.15) is 25.3 Å². The third-order valence-corrected chi connectivity index (χ3v) is 2.53. The number of aliphatic hydroxyl groups is 1. The van der Waals surface area contributed by atoms with Crippen molar-refractivity contribution in [1.82, 2.24) is 0 Å². The van der Waals surface area contributed by atoms with Crippen LogP contribution >= 0.6 is 0 Å². The molecule has 1 N–H and O–H groups in total. The summed E-state index contributed by atoms with van der Waals surface area (Å²) in [5.41, 5.74) is 2.25. The molecule has 0 saturated heterocycles. The number of aliphatic hydroxyl groups excluding tert-OH is 1. The first-order valence-corrected chi connectivity index (χ1v) is 5.57. The second kappa shape index (κ2) is 6.33. The topological polar surface area (TPSA) is 29.5 Å². The normalized spacial score (nSPS) is 12.2. The van der Waals surface area contributed by atoms with Gasteiger partial charge in [-0.25, -0.2) is 0 Å². The molecule has 1 unspecified atom stereocenters. The second-order valence-corrected chi connectivity index (χ2v) is 4.20. The number of hydrogen-bond donors (Lipinski definition) is 1. The van der Waals surface area contributed by atoms with Crippen LogP contribution in [0.15, 0.2) is 36.4 Å². The number of methoxy groups -OCH3 is 1. The van der Waals surface area contributed by atoms with Crippen LogP contribution in [-0.2, 0) is 6.42 Å². The average Bonchev–Trinajstić information content (AvgIpc) is 2.27. The van der Waals surface area contributed by atoms with Gasteiger partial charge in [0.1, 0.15) is 5.75 Å². The summed E-state index contributed by atoms with van der Waals surface area (Å²) in [6.07, 6.45) is 2.07. The number of rotatable bonds is 6. The Bertz CT molecular complexity index is 327. The van der Waals surface area contributed by atoms with Crippen LogP contribution in [0.3, 0.4) is 0 Å². The Hall–Kier alpha value is -1.28. The zero-order chi connectivity index (χ0) is 12.0. The third kappa shape index (κ3) is 4.49. The van der Waals surface area contributed by atoms with Gasteiger partial charge in [-0.3, -0.25) is 0 Å². The van der Waals surface area contributed by atoms with Gasteiger partial charge in [-0.05, 0) is 43.9 Å². The first-order chi connectivity index (χ1) is 7.61. The van der Waals surface area contributed by atoms with Crippen molar-refractivity contribution in [2.75, 3.05) is 7.11 Å². The first-order valence-electron chi connectivity index (χ1n) is 5.57. The van der Waals surface area contributed by atoms with Gasteiger partial charge in [0.05, 0.1) is 13.2 Å². The Morgan fingerprint density at radius 1 is 1.38 bits per heavy atom. The van der Waals surface area contributed by atoms with Crippen molar-refractivity contribution in [3.8, 4) is 5.75 Å². The average molecular weight is 220 g/mol. The molecule has 0 radical (unpaired) electrons. The van der Waals surface area contributed by atoms with E-state index >= 15 is 0 Å². The summed E-state index contributed by atoms with van der Waals surface area (Å²) in [7, 11) is 1.65. The van der Waals surface area contributed by atoms with E-state index in [9.17, 15) is 5.11 Å². The van der Waals surface area contributed by atoms with E-state index in [4.69, 9.17) is 4.74 Å². The van der Waals surface area contributed by atoms with Gasteiger partial charge in [-0.2, -0.15) is 0 Å². The molecule has 0 heterocycles. The van der Waals surface area contributed by atoms with E-state index in [2.05, 4.69) is 6.58 Å². The summed E-state index contributed by atoms with van der Waals surface area (Å²) in [4.78, 5) is 0. The van der Waals surface area contributed by atoms with Gasteiger partial charge in [0, 0.05) is 0 Å². The molecule has 0 bridgehead atoms. The van der Waals surface area contributed by atoms with E-state index in [0.29, 0.717) is 6.42 Å². The predicted octanol–water partition coefficient (Wildman–Crippen LogP) is 2.95. The molecular weight excluding hydrogens is 200 g/mol. The number of benzene rings is 1. The van der Waals surface area contributed by atoms with Crippen LogP contribution in [0.4, 0.5) is 0 Å². The molecule has 1 aromatic rings. The molecule has 88 valence electrons. The first kappa shape index (κ1) is 12.8. The Kier molecular flexibility index (Phi) is 5.06. The number of ether oxygens (including phenoxy) is 1. The number of allylic oxidation sites excluding steroid dienone is 1. The maximum atomic E-state index is 9.81. The highest BCUT2D eigenvalue weighted by Crippen LogP contribution is 2.14. The van der Waals surface area contributed by atoms with E-state index in [0.717, 1.165) is 29.7 Å². The summed E-state index contributed by atoms with van der Waals surface area (Å²) in [6.45, 7) is 5.82. The fourth-order valence-electron chi connectivity index (χ4n) is 1.55. The zero-order valence-corrected chi connectivity index (χ0v) is 10.1. The van der Waals surface area contributed by atoms with Crippen LogP contribution in [0, 0.1) is 0 Å². The summed E-state index contributed by atoms with van der Waals surface area (Å²) in [5.74, 6) is 0.847. The lowest BCUT2D eigenvalue weighted by Gasteiger charge is -2.10. The Labute approximate surface area is 97.6 Å². The van der Waals surface area contributed by atoms with Crippen LogP contribution in [-0.4, -0.2) is 18.3 Å². The fraction of sp³-hybridized carbons (Fsp3) is 0.429. The van der Waals surface area contributed by atoms with Crippen molar-refractivity contribution in [3.05, 3.63) is 42.0 Å². The Balaban J connectivity index is 2.43. The van der Waals surface area contributed by atoms with E-state index in [1.54, 1.807) is 7.11 Å². The van der Waals surface area contributed by atoms with Crippen LogP contribution in [0.5, 0.6) is 5.75 Å². The summed E-state index contributed by atoms with van der Waals surface area (Å²) < 4.78 is 5.08.